The molecule has 0 saturated carbocycles. The molecule has 2 N–H and O–H groups in total. The zero-order valence-electron chi connectivity index (χ0n) is 12.1. The first-order chi connectivity index (χ1) is 10.2. The van der Waals surface area contributed by atoms with Crippen molar-refractivity contribution in [2.45, 2.75) is 19.4 Å². The first-order valence-electron chi connectivity index (χ1n) is 7.07. The largest absolute Gasteiger partial charge is 0.491 e. The monoisotopic (exact) mass is 349 g/mol. The van der Waals surface area contributed by atoms with Crippen molar-refractivity contribution in [1.29, 1.82) is 0 Å². The molecular weight excluding hydrogens is 330 g/mol. The van der Waals surface area contributed by atoms with Gasteiger partial charge in [0.05, 0.1) is 0 Å². The lowest BCUT2D eigenvalue weighted by Crippen LogP contribution is -2.26. The Hall–Kier alpha value is -1.52. The minimum Gasteiger partial charge on any atom is -0.491 e. The van der Waals surface area contributed by atoms with Crippen LogP contribution in [0.25, 0.3) is 0 Å². The van der Waals surface area contributed by atoms with Crippen LogP contribution in [-0.4, -0.2) is 24.4 Å². The van der Waals surface area contributed by atoms with Crippen LogP contribution in [0.1, 0.15) is 12.5 Å². The van der Waals surface area contributed by atoms with Crippen LogP contribution in [0.2, 0.25) is 0 Å². The average molecular weight is 350 g/mol. The summed E-state index contributed by atoms with van der Waals surface area (Å²) in [5.41, 5.74) is 2.19. The Morgan fingerprint density at radius 3 is 2.76 bits per heavy atom. The van der Waals surface area contributed by atoms with Crippen molar-refractivity contribution in [3.63, 3.8) is 0 Å². The lowest BCUT2D eigenvalue weighted by Gasteiger charge is -2.15. The highest BCUT2D eigenvalue weighted by Gasteiger charge is 2.06. The average Bonchev–Trinajstić information content (AvgIpc) is 2.52. The van der Waals surface area contributed by atoms with Crippen LogP contribution < -0.4 is 10.1 Å². The molecule has 1 atom stereocenters. The lowest BCUT2D eigenvalue weighted by molar-refractivity contribution is 0.117. The SMILES string of the molecule is CCc1cccc(OCC(O)CNc2ccccc2Br)c1. The molecule has 2 rings (SSSR count). The quantitative estimate of drug-likeness (QED) is 0.797. The van der Waals surface area contributed by atoms with Crippen LogP contribution in [0.4, 0.5) is 5.69 Å². The highest BCUT2D eigenvalue weighted by atomic mass is 79.9. The Balaban J connectivity index is 1.79. The van der Waals surface area contributed by atoms with Crippen molar-refractivity contribution in [1.82, 2.24) is 0 Å². The Kier molecular flexibility index (Phi) is 6.08. The zero-order chi connectivity index (χ0) is 15.1. The molecule has 112 valence electrons. The second-order valence-electron chi connectivity index (χ2n) is 4.83. The van der Waals surface area contributed by atoms with Crippen molar-refractivity contribution in [3.05, 3.63) is 58.6 Å². The smallest absolute Gasteiger partial charge is 0.119 e. The Labute approximate surface area is 134 Å². The summed E-state index contributed by atoms with van der Waals surface area (Å²) in [4.78, 5) is 0. The van der Waals surface area contributed by atoms with Gasteiger partial charge in [-0.25, -0.2) is 0 Å². The summed E-state index contributed by atoms with van der Waals surface area (Å²) in [7, 11) is 0. The highest BCUT2D eigenvalue weighted by Crippen LogP contribution is 2.21. The van der Waals surface area contributed by atoms with Crippen molar-refractivity contribution in [2.75, 3.05) is 18.5 Å². The van der Waals surface area contributed by atoms with Gasteiger partial charge in [-0.3, -0.25) is 0 Å². The summed E-state index contributed by atoms with van der Waals surface area (Å²) in [5, 5.41) is 13.2. The summed E-state index contributed by atoms with van der Waals surface area (Å²) in [6.07, 6.45) is 0.408. The second kappa shape index (κ2) is 8.05. The molecule has 2 aromatic carbocycles. The van der Waals surface area contributed by atoms with Gasteiger partial charge in [0, 0.05) is 16.7 Å². The molecule has 0 aliphatic rings. The van der Waals surface area contributed by atoms with Crippen LogP contribution in [0.5, 0.6) is 5.75 Å². The molecule has 4 heteroatoms. The van der Waals surface area contributed by atoms with Crippen LogP contribution in [0.3, 0.4) is 0 Å². The molecule has 0 bridgehead atoms. The van der Waals surface area contributed by atoms with Gasteiger partial charge in [-0.1, -0.05) is 31.2 Å². The van der Waals surface area contributed by atoms with Gasteiger partial charge in [-0.05, 0) is 52.2 Å². The van der Waals surface area contributed by atoms with Crippen LogP contribution in [-0.2, 0) is 6.42 Å². The first kappa shape index (κ1) is 15.9. The summed E-state index contributed by atoms with van der Waals surface area (Å²) >= 11 is 3.46. The number of aliphatic hydroxyl groups excluding tert-OH is 1. The number of hydrogen-bond acceptors (Lipinski definition) is 3. The summed E-state index contributed by atoms with van der Waals surface area (Å²) in [5.74, 6) is 0.800. The topological polar surface area (TPSA) is 41.5 Å². The number of benzene rings is 2. The molecule has 0 spiro atoms. The second-order valence-corrected chi connectivity index (χ2v) is 5.68. The van der Waals surface area contributed by atoms with Gasteiger partial charge in [0.2, 0.25) is 0 Å². The molecule has 0 aliphatic heterocycles. The van der Waals surface area contributed by atoms with Gasteiger partial charge < -0.3 is 15.2 Å². The highest BCUT2D eigenvalue weighted by molar-refractivity contribution is 9.10. The normalized spacial score (nSPS) is 12.0. The Bertz CT molecular complexity index is 574. The van der Waals surface area contributed by atoms with Gasteiger partial charge >= 0.3 is 0 Å². The van der Waals surface area contributed by atoms with Crippen molar-refractivity contribution < 1.29 is 9.84 Å². The Morgan fingerprint density at radius 2 is 2.00 bits per heavy atom. The lowest BCUT2D eigenvalue weighted by atomic mass is 10.2. The number of halogens is 1. The van der Waals surface area contributed by atoms with E-state index in [1.54, 1.807) is 0 Å². The third kappa shape index (κ3) is 5.06. The molecule has 0 radical (unpaired) electrons. The molecule has 1 unspecified atom stereocenters. The summed E-state index contributed by atoms with van der Waals surface area (Å²) < 4.78 is 6.61. The predicted molar refractivity (Wildman–Crippen MR) is 90.0 cm³/mol. The minimum absolute atomic E-state index is 0.268. The van der Waals surface area contributed by atoms with Gasteiger partial charge in [-0.2, -0.15) is 0 Å². The van der Waals surface area contributed by atoms with Gasteiger partial charge in [-0.15, -0.1) is 0 Å². The molecule has 21 heavy (non-hydrogen) atoms. The molecule has 0 fully saturated rings. The molecule has 0 heterocycles. The number of hydrogen-bond donors (Lipinski definition) is 2. The van der Waals surface area contributed by atoms with Crippen molar-refractivity contribution in [2.24, 2.45) is 0 Å². The van der Waals surface area contributed by atoms with E-state index in [9.17, 15) is 5.11 Å². The van der Waals surface area contributed by atoms with Crippen molar-refractivity contribution >= 4 is 21.6 Å². The number of rotatable bonds is 7. The van der Waals surface area contributed by atoms with E-state index >= 15 is 0 Å². The molecule has 0 aliphatic carbocycles. The van der Waals surface area contributed by atoms with Crippen LogP contribution >= 0.6 is 15.9 Å². The van der Waals surface area contributed by atoms with E-state index in [1.165, 1.54) is 5.56 Å². The van der Waals surface area contributed by atoms with Crippen LogP contribution in [0, 0.1) is 0 Å². The number of anilines is 1. The first-order valence-corrected chi connectivity index (χ1v) is 7.86. The number of aryl methyl sites for hydroxylation is 1. The number of ether oxygens (including phenoxy) is 1. The van der Waals surface area contributed by atoms with E-state index in [0.29, 0.717) is 6.54 Å². The molecule has 0 saturated heterocycles. The molecular formula is C17H20BrNO2. The maximum Gasteiger partial charge on any atom is 0.119 e. The predicted octanol–water partition coefficient (Wildman–Crippen LogP) is 3.86. The molecule has 2 aromatic rings. The van der Waals surface area contributed by atoms with E-state index in [-0.39, 0.29) is 6.61 Å². The van der Waals surface area contributed by atoms with Crippen LogP contribution in [0.15, 0.2) is 53.0 Å². The zero-order valence-corrected chi connectivity index (χ0v) is 13.6. The van der Waals surface area contributed by atoms with Gasteiger partial charge in [0.15, 0.2) is 0 Å². The molecule has 0 amide bonds. The fourth-order valence-electron chi connectivity index (χ4n) is 1.94. The fraction of sp³-hybridized carbons (Fsp3) is 0.294. The van der Waals surface area contributed by atoms with Gasteiger partial charge in [0.25, 0.3) is 0 Å². The van der Waals surface area contributed by atoms with E-state index in [4.69, 9.17) is 4.74 Å². The van der Waals surface area contributed by atoms with Gasteiger partial charge in [0.1, 0.15) is 18.5 Å². The maximum atomic E-state index is 9.99. The molecule has 0 aromatic heterocycles. The number of nitrogens with one attached hydrogen (secondary N) is 1. The van der Waals surface area contributed by atoms with E-state index in [2.05, 4.69) is 34.2 Å². The third-order valence-electron chi connectivity index (χ3n) is 3.15. The fourth-order valence-corrected chi connectivity index (χ4v) is 2.36. The number of aliphatic hydroxyl groups is 1. The standard InChI is InChI=1S/C17H20BrNO2/c1-2-13-6-5-7-15(10-13)21-12-14(20)11-19-17-9-4-3-8-16(17)18/h3-10,14,19-20H,2,11-12H2,1H3. The van der Waals surface area contributed by atoms with E-state index in [1.807, 2.05) is 42.5 Å². The molecule has 3 nitrogen and oxygen atoms in total. The van der Waals surface area contributed by atoms with Crippen molar-refractivity contribution in [3.8, 4) is 5.75 Å². The van der Waals surface area contributed by atoms with E-state index < -0.39 is 6.10 Å². The van der Waals surface area contributed by atoms with E-state index in [0.717, 1.165) is 22.3 Å². The number of para-hydroxylation sites is 1. The maximum absolute atomic E-state index is 9.99. The summed E-state index contributed by atoms with van der Waals surface area (Å²) in [6.45, 7) is 2.82. The minimum atomic E-state index is -0.567. The Morgan fingerprint density at radius 1 is 1.19 bits per heavy atom. The summed E-state index contributed by atoms with van der Waals surface area (Å²) in [6, 6.07) is 15.8. The third-order valence-corrected chi connectivity index (χ3v) is 3.84.